The van der Waals surface area contributed by atoms with Crippen LogP contribution in [-0.2, 0) is 19.0 Å². The molecule has 0 atom stereocenters. The number of aryl methyl sites for hydroxylation is 2. The van der Waals surface area contributed by atoms with Gasteiger partial charge in [0.2, 0.25) is 5.91 Å². The Morgan fingerprint density at radius 2 is 1.32 bits per heavy atom. The standard InChI is InChI=1S/C17H16F3NO/c18-17(19,20)15-10-6-13(7-11-15)3-1-2-12-4-8-14(9-5-12)16(21)22/h4-11H,1-3H2,(H2,21,22). The van der Waals surface area contributed by atoms with Gasteiger partial charge < -0.3 is 5.73 Å². The van der Waals surface area contributed by atoms with Gasteiger partial charge in [-0.1, -0.05) is 24.3 Å². The summed E-state index contributed by atoms with van der Waals surface area (Å²) in [6.07, 6.45) is -1.97. The van der Waals surface area contributed by atoms with E-state index in [1.807, 2.05) is 12.1 Å². The quantitative estimate of drug-likeness (QED) is 0.892. The summed E-state index contributed by atoms with van der Waals surface area (Å²) in [4.78, 5) is 11.0. The third-order valence-electron chi connectivity index (χ3n) is 3.45. The molecule has 0 saturated heterocycles. The van der Waals surface area contributed by atoms with Crippen molar-refractivity contribution in [1.29, 1.82) is 0 Å². The van der Waals surface area contributed by atoms with E-state index in [0.29, 0.717) is 12.0 Å². The maximum atomic E-state index is 12.4. The lowest BCUT2D eigenvalue weighted by atomic mass is 10.0. The molecular weight excluding hydrogens is 291 g/mol. The fraction of sp³-hybridized carbons (Fsp3) is 0.235. The summed E-state index contributed by atoms with van der Waals surface area (Å²) in [5, 5.41) is 0. The zero-order chi connectivity index (χ0) is 16.2. The summed E-state index contributed by atoms with van der Waals surface area (Å²) in [6, 6.07) is 12.3. The number of primary amides is 1. The van der Waals surface area contributed by atoms with Gasteiger partial charge >= 0.3 is 6.18 Å². The van der Waals surface area contributed by atoms with E-state index in [0.717, 1.165) is 36.1 Å². The van der Waals surface area contributed by atoms with Crippen LogP contribution in [0.25, 0.3) is 0 Å². The van der Waals surface area contributed by atoms with Crippen LogP contribution >= 0.6 is 0 Å². The van der Waals surface area contributed by atoms with Crippen LogP contribution in [0.3, 0.4) is 0 Å². The lowest BCUT2D eigenvalue weighted by Crippen LogP contribution is -2.10. The summed E-state index contributed by atoms with van der Waals surface area (Å²) in [5.74, 6) is -0.462. The molecule has 0 aliphatic carbocycles. The van der Waals surface area contributed by atoms with Crippen LogP contribution in [0.5, 0.6) is 0 Å². The first-order valence-electron chi connectivity index (χ1n) is 6.91. The van der Waals surface area contributed by atoms with Gasteiger partial charge in [0.1, 0.15) is 0 Å². The second-order valence-electron chi connectivity index (χ2n) is 5.11. The first-order valence-corrected chi connectivity index (χ1v) is 6.91. The maximum Gasteiger partial charge on any atom is 0.416 e. The average molecular weight is 307 g/mol. The third kappa shape index (κ3) is 4.35. The van der Waals surface area contributed by atoms with Gasteiger partial charge in [0.25, 0.3) is 0 Å². The number of halogens is 3. The predicted molar refractivity (Wildman–Crippen MR) is 78.4 cm³/mol. The van der Waals surface area contributed by atoms with E-state index in [1.54, 1.807) is 12.1 Å². The van der Waals surface area contributed by atoms with Crippen molar-refractivity contribution in [2.75, 3.05) is 0 Å². The van der Waals surface area contributed by atoms with E-state index < -0.39 is 17.6 Å². The molecule has 2 N–H and O–H groups in total. The summed E-state index contributed by atoms with van der Waals surface area (Å²) in [6.45, 7) is 0. The van der Waals surface area contributed by atoms with Crippen LogP contribution < -0.4 is 5.73 Å². The number of rotatable bonds is 5. The first kappa shape index (κ1) is 16.1. The van der Waals surface area contributed by atoms with Crippen molar-refractivity contribution in [3.05, 3.63) is 70.8 Å². The number of hydrogen-bond acceptors (Lipinski definition) is 1. The molecule has 0 aliphatic heterocycles. The Bertz CT molecular complexity index is 630. The smallest absolute Gasteiger partial charge is 0.366 e. The van der Waals surface area contributed by atoms with E-state index in [2.05, 4.69) is 0 Å². The van der Waals surface area contributed by atoms with Crippen molar-refractivity contribution in [3.63, 3.8) is 0 Å². The molecular formula is C17H16F3NO. The van der Waals surface area contributed by atoms with Gasteiger partial charge in [0.15, 0.2) is 0 Å². The van der Waals surface area contributed by atoms with Crippen molar-refractivity contribution < 1.29 is 18.0 Å². The Hall–Kier alpha value is -2.30. The van der Waals surface area contributed by atoms with Gasteiger partial charge in [-0.2, -0.15) is 13.2 Å². The van der Waals surface area contributed by atoms with Gasteiger partial charge in [-0.3, -0.25) is 4.79 Å². The topological polar surface area (TPSA) is 43.1 Å². The highest BCUT2D eigenvalue weighted by atomic mass is 19.4. The fourth-order valence-electron chi connectivity index (χ4n) is 2.19. The minimum Gasteiger partial charge on any atom is -0.366 e. The molecule has 116 valence electrons. The third-order valence-corrected chi connectivity index (χ3v) is 3.45. The monoisotopic (exact) mass is 307 g/mol. The van der Waals surface area contributed by atoms with Crippen LogP contribution in [0.15, 0.2) is 48.5 Å². The molecule has 0 saturated carbocycles. The normalized spacial score (nSPS) is 11.4. The number of nitrogens with two attached hydrogens (primary N) is 1. The van der Waals surface area contributed by atoms with E-state index in [9.17, 15) is 18.0 Å². The van der Waals surface area contributed by atoms with Gasteiger partial charge in [0.05, 0.1) is 5.56 Å². The Kier molecular flexibility index (Phi) is 4.85. The highest BCUT2D eigenvalue weighted by Crippen LogP contribution is 2.29. The van der Waals surface area contributed by atoms with E-state index in [1.165, 1.54) is 12.1 Å². The largest absolute Gasteiger partial charge is 0.416 e. The summed E-state index contributed by atoms with van der Waals surface area (Å²) in [5.41, 5.74) is 6.94. The van der Waals surface area contributed by atoms with Crippen molar-refractivity contribution >= 4 is 5.91 Å². The Balaban J connectivity index is 1.87. The fourth-order valence-corrected chi connectivity index (χ4v) is 2.19. The number of hydrogen-bond donors (Lipinski definition) is 1. The number of benzene rings is 2. The van der Waals surface area contributed by atoms with Crippen molar-refractivity contribution in [2.45, 2.75) is 25.4 Å². The minimum atomic E-state index is -4.29. The molecule has 2 rings (SSSR count). The minimum absolute atomic E-state index is 0.462. The van der Waals surface area contributed by atoms with Gasteiger partial charge in [-0.05, 0) is 54.7 Å². The molecule has 0 aromatic heterocycles. The molecule has 0 heterocycles. The molecule has 0 bridgehead atoms. The van der Waals surface area contributed by atoms with Gasteiger partial charge in [-0.15, -0.1) is 0 Å². The van der Waals surface area contributed by atoms with Crippen molar-refractivity contribution in [2.24, 2.45) is 5.73 Å². The van der Waals surface area contributed by atoms with Crippen LogP contribution in [0.4, 0.5) is 13.2 Å². The second kappa shape index (κ2) is 6.64. The molecule has 2 nitrogen and oxygen atoms in total. The number of carbonyl (C=O) groups is 1. The molecule has 5 heteroatoms. The van der Waals surface area contributed by atoms with Crippen molar-refractivity contribution in [3.8, 4) is 0 Å². The average Bonchev–Trinajstić information content (AvgIpc) is 2.47. The van der Waals surface area contributed by atoms with Crippen LogP contribution in [-0.4, -0.2) is 5.91 Å². The van der Waals surface area contributed by atoms with Gasteiger partial charge in [0, 0.05) is 5.56 Å². The maximum absolute atomic E-state index is 12.4. The second-order valence-corrected chi connectivity index (χ2v) is 5.11. The van der Waals surface area contributed by atoms with E-state index in [4.69, 9.17) is 5.73 Å². The van der Waals surface area contributed by atoms with Crippen LogP contribution in [0.1, 0.15) is 33.5 Å². The molecule has 2 aromatic rings. The molecule has 1 amide bonds. The predicted octanol–water partition coefficient (Wildman–Crippen LogP) is 3.98. The molecule has 0 aliphatic rings. The lowest BCUT2D eigenvalue weighted by Gasteiger charge is -2.07. The van der Waals surface area contributed by atoms with Gasteiger partial charge in [-0.25, -0.2) is 0 Å². The highest BCUT2D eigenvalue weighted by molar-refractivity contribution is 5.92. The molecule has 0 fully saturated rings. The van der Waals surface area contributed by atoms with E-state index >= 15 is 0 Å². The van der Waals surface area contributed by atoms with E-state index in [-0.39, 0.29) is 0 Å². The molecule has 0 radical (unpaired) electrons. The summed E-state index contributed by atoms with van der Waals surface area (Å²) in [7, 11) is 0. The Morgan fingerprint density at radius 1 is 0.864 bits per heavy atom. The number of amides is 1. The Labute approximate surface area is 126 Å². The van der Waals surface area contributed by atoms with Crippen molar-refractivity contribution in [1.82, 2.24) is 0 Å². The number of carbonyl (C=O) groups excluding carboxylic acids is 1. The molecule has 22 heavy (non-hydrogen) atoms. The first-order chi connectivity index (χ1) is 10.4. The molecule has 2 aromatic carbocycles. The van der Waals surface area contributed by atoms with Crippen LogP contribution in [0, 0.1) is 0 Å². The highest BCUT2D eigenvalue weighted by Gasteiger charge is 2.29. The lowest BCUT2D eigenvalue weighted by molar-refractivity contribution is -0.137. The summed E-state index contributed by atoms with van der Waals surface area (Å²) >= 11 is 0. The SMILES string of the molecule is NC(=O)c1ccc(CCCc2ccc(C(F)(F)F)cc2)cc1. The Morgan fingerprint density at radius 3 is 1.73 bits per heavy atom. The van der Waals surface area contributed by atoms with Crippen LogP contribution in [0.2, 0.25) is 0 Å². The zero-order valence-electron chi connectivity index (χ0n) is 11.9. The number of alkyl halides is 3. The molecule has 0 spiro atoms. The summed E-state index contributed by atoms with van der Waals surface area (Å²) < 4.78 is 37.3. The zero-order valence-corrected chi connectivity index (χ0v) is 11.9. The molecule has 0 unspecified atom stereocenters.